The van der Waals surface area contributed by atoms with Gasteiger partial charge in [-0.15, -0.1) is 0 Å². The van der Waals surface area contributed by atoms with Gasteiger partial charge in [0.1, 0.15) is 11.0 Å². The average molecular weight is 377 g/mol. The molecule has 1 aliphatic heterocycles. The molecule has 26 heavy (non-hydrogen) atoms. The fraction of sp³-hybridized carbons (Fsp3) is 0.0909. The van der Waals surface area contributed by atoms with Gasteiger partial charge in [0.15, 0.2) is 0 Å². The first-order valence-corrected chi connectivity index (χ1v) is 9.27. The number of rotatable bonds is 3. The quantitative estimate of drug-likeness (QED) is 0.607. The molecule has 0 fully saturated rings. The minimum Gasteiger partial charge on any atom is -0.348 e. The fourth-order valence-electron chi connectivity index (χ4n) is 3.12. The number of benzodiazepines with no additional fused rings is 1. The number of hydrogen-bond donors (Lipinski definition) is 1. The Bertz CT molecular complexity index is 968. The van der Waals surface area contributed by atoms with Crippen molar-refractivity contribution in [2.45, 2.75) is 12.5 Å². The molecule has 0 bridgehead atoms. The van der Waals surface area contributed by atoms with Gasteiger partial charge in [-0.25, -0.2) is 0 Å². The molecule has 3 aromatic carbocycles. The molecule has 2 nitrogen and oxygen atoms in total. The second-order valence-electron chi connectivity index (χ2n) is 6.23. The van der Waals surface area contributed by atoms with Crippen molar-refractivity contribution in [1.82, 2.24) is 0 Å². The number of hydrogen-bond acceptors (Lipinski definition) is 2. The summed E-state index contributed by atoms with van der Waals surface area (Å²) in [5.41, 5.74) is 5.10. The molecule has 0 aliphatic carbocycles. The fourth-order valence-corrected chi connectivity index (χ4v) is 3.54. The Kier molecular flexibility index (Phi) is 4.83. The SMILES string of the molecule is S=C1Nc2ccc(Cl)cc2C(c2ccccc2)=NC1Cc1ccccc1. The Morgan fingerprint density at radius 3 is 2.35 bits per heavy atom. The third kappa shape index (κ3) is 3.55. The van der Waals surface area contributed by atoms with Crippen molar-refractivity contribution in [1.29, 1.82) is 0 Å². The monoisotopic (exact) mass is 376 g/mol. The zero-order valence-electron chi connectivity index (χ0n) is 14.0. The zero-order chi connectivity index (χ0) is 17.9. The molecule has 1 N–H and O–H groups in total. The first-order valence-electron chi connectivity index (χ1n) is 8.48. The molecular weight excluding hydrogens is 360 g/mol. The van der Waals surface area contributed by atoms with E-state index >= 15 is 0 Å². The van der Waals surface area contributed by atoms with Gasteiger partial charge in [-0.05, 0) is 23.8 Å². The lowest BCUT2D eigenvalue weighted by Crippen LogP contribution is -2.25. The normalized spacial score (nSPS) is 16.3. The first-order chi connectivity index (χ1) is 12.7. The highest BCUT2D eigenvalue weighted by atomic mass is 35.5. The first kappa shape index (κ1) is 17.0. The molecule has 0 saturated heterocycles. The molecule has 3 aromatic rings. The van der Waals surface area contributed by atoms with Gasteiger partial charge in [0.05, 0.1) is 5.71 Å². The van der Waals surface area contributed by atoms with Crippen LogP contribution in [0, 0.1) is 0 Å². The van der Waals surface area contributed by atoms with Crippen molar-refractivity contribution in [2.24, 2.45) is 4.99 Å². The number of halogens is 1. The number of fused-ring (bicyclic) bond motifs is 1. The molecule has 0 amide bonds. The molecule has 0 spiro atoms. The van der Waals surface area contributed by atoms with Gasteiger partial charge in [-0.3, -0.25) is 4.99 Å². The minimum atomic E-state index is -0.131. The van der Waals surface area contributed by atoms with E-state index in [4.69, 9.17) is 28.8 Å². The van der Waals surface area contributed by atoms with E-state index in [0.29, 0.717) is 5.02 Å². The van der Waals surface area contributed by atoms with Crippen LogP contribution in [0.5, 0.6) is 0 Å². The van der Waals surface area contributed by atoms with E-state index in [1.54, 1.807) is 0 Å². The molecule has 1 unspecified atom stereocenters. The predicted octanol–water partition coefficient (Wildman–Crippen LogP) is 5.54. The second kappa shape index (κ2) is 7.40. The Labute approximate surface area is 163 Å². The van der Waals surface area contributed by atoms with Crippen LogP contribution in [-0.2, 0) is 6.42 Å². The molecule has 0 radical (unpaired) electrons. The molecule has 128 valence electrons. The van der Waals surface area contributed by atoms with Crippen molar-refractivity contribution in [3.05, 3.63) is 101 Å². The number of benzene rings is 3. The number of nitrogens with zero attached hydrogens (tertiary/aromatic N) is 1. The van der Waals surface area contributed by atoms with Crippen molar-refractivity contribution < 1.29 is 0 Å². The van der Waals surface area contributed by atoms with Gasteiger partial charge in [0.2, 0.25) is 0 Å². The maximum absolute atomic E-state index is 6.27. The van der Waals surface area contributed by atoms with Crippen molar-refractivity contribution in [3.63, 3.8) is 0 Å². The molecular formula is C22H17ClN2S. The van der Waals surface area contributed by atoms with E-state index in [0.717, 1.165) is 33.9 Å². The van der Waals surface area contributed by atoms with E-state index in [2.05, 4.69) is 29.6 Å². The molecule has 1 atom stereocenters. The van der Waals surface area contributed by atoms with E-state index in [-0.39, 0.29) is 6.04 Å². The van der Waals surface area contributed by atoms with Gasteiger partial charge in [-0.1, -0.05) is 84.5 Å². The van der Waals surface area contributed by atoms with E-state index in [1.807, 2.05) is 54.6 Å². The highest BCUT2D eigenvalue weighted by Gasteiger charge is 2.23. The van der Waals surface area contributed by atoms with Crippen LogP contribution in [-0.4, -0.2) is 16.7 Å². The van der Waals surface area contributed by atoms with Crippen molar-refractivity contribution in [2.75, 3.05) is 5.32 Å². The summed E-state index contributed by atoms with van der Waals surface area (Å²) in [6.07, 6.45) is 0.755. The molecule has 0 saturated carbocycles. The maximum Gasteiger partial charge on any atom is 0.105 e. The smallest absolute Gasteiger partial charge is 0.105 e. The predicted molar refractivity (Wildman–Crippen MR) is 114 cm³/mol. The maximum atomic E-state index is 6.27. The Balaban J connectivity index is 1.83. The number of aliphatic imine (C=N–C) groups is 1. The van der Waals surface area contributed by atoms with Crippen LogP contribution in [0.25, 0.3) is 0 Å². The summed E-state index contributed by atoms with van der Waals surface area (Å²) in [5, 5.41) is 4.06. The Hall–Kier alpha value is -2.49. The third-order valence-electron chi connectivity index (χ3n) is 4.40. The largest absolute Gasteiger partial charge is 0.348 e. The van der Waals surface area contributed by atoms with Crippen LogP contribution in [0.3, 0.4) is 0 Å². The summed E-state index contributed by atoms with van der Waals surface area (Å²) in [7, 11) is 0. The number of anilines is 1. The van der Waals surface area contributed by atoms with Gasteiger partial charge < -0.3 is 5.32 Å². The van der Waals surface area contributed by atoms with Crippen LogP contribution in [0.4, 0.5) is 5.69 Å². The third-order valence-corrected chi connectivity index (χ3v) is 5.01. The molecule has 1 aliphatic rings. The summed E-state index contributed by atoms with van der Waals surface area (Å²) in [5.74, 6) is 0. The lowest BCUT2D eigenvalue weighted by atomic mass is 10.0. The van der Waals surface area contributed by atoms with E-state index in [1.165, 1.54) is 5.56 Å². The average Bonchev–Trinajstić information content (AvgIpc) is 2.80. The van der Waals surface area contributed by atoms with Crippen LogP contribution in [0.15, 0.2) is 83.9 Å². The lowest BCUT2D eigenvalue weighted by Gasteiger charge is -2.14. The second-order valence-corrected chi connectivity index (χ2v) is 7.10. The lowest BCUT2D eigenvalue weighted by molar-refractivity contribution is 0.862. The summed E-state index contributed by atoms with van der Waals surface area (Å²) in [6.45, 7) is 0. The van der Waals surface area contributed by atoms with Crippen LogP contribution in [0.1, 0.15) is 16.7 Å². The number of nitrogens with one attached hydrogen (secondary N) is 1. The van der Waals surface area contributed by atoms with Gasteiger partial charge >= 0.3 is 0 Å². The van der Waals surface area contributed by atoms with Crippen LogP contribution in [0.2, 0.25) is 5.02 Å². The summed E-state index contributed by atoms with van der Waals surface area (Å²) in [4.78, 5) is 5.78. The summed E-state index contributed by atoms with van der Waals surface area (Å²) < 4.78 is 0. The highest BCUT2D eigenvalue weighted by Crippen LogP contribution is 2.28. The molecule has 1 heterocycles. The van der Waals surface area contributed by atoms with Gasteiger partial charge in [0, 0.05) is 28.3 Å². The van der Waals surface area contributed by atoms with Crippen molar-refractivity contribution in [3.8, 4) is 0 Å². The van der Waals surface area contributed by atoms with E-state index in [9.17, 15) is 0 Å². The topological polar surface area (TPSA) is 24.4 Å². The molecule has 0 aromatic heterocycles. The van der Waals surface area contributed by atoms with Gasteiger partial charge in [0.25, 0.3) is 0 Å². The molecule has 4 heteroatoms. The highest BCUT2D eigenvalue weighted by molar-refractivity contribution is 7.80. The van der Waals surface area contributed by atoms with Crippen molar-refractivity contribution >= 4 is 40.2 Å². The minimum absolute atomic E-state index is 0.131. The molecule has 4 rings (SSSR count). The van der Waals surface area contributed by atoms with Gasteiger partial charge in [-0.2, -0.15) is 0 Å². The standard InChI is InChI=1S/C22H17ClN2S/c23-17-11-12-19-18(14-17)21(16-9-5-2-6-10-16)24-20(22(26)25-19)13-15-7-3-1-4-8-15/h1-12,14,20H,13H2,(H,25,26). The summed E-state index contributed by atoms with van der Waals surface area (Å²) in [6, 6.07) is 26.1. The van der Waals surface area contributed by atoms with Crippen LogP contribution < -0.4 is 5.32 Å². The number of thiocarbonyl (C=S) groups is 1. The zero-order valence-corrected chi connectivity index (χ0v) is 15.6. The Morgan fingerprint density at radius 2 is 1.62 bits per heavy atom. The Morgan fingerprint density at radius 1 is 0.923 bits per heavy atom. The van der Waals surface area contributed by atoms with Crippen LogP contribution >= 0.6 is 23.8 Å². The van der Waals surface area contributed by atoms with E-state index < -0.39 is 0 Å². The summed E-state index contributed by atoms with van der Waals surface area (Å²) >= 11 is 11.9.